The fourth-order valence-electron chi connectivity index (χ4n) is 2.82. The Kier molecular flexibility index (Phi) is 2.44. The highest BCUT2D eigenvalue weighted by molar-refractivity contribution is 7.13. The Bertz CT molecular complexity index is 409. The number of thiazole rings is 1. The van der Waals surface area contributed by atoms with Gasteiger partial charge in [-0.25, -0.2) is 4.98 Å². The molecule has 4 heterocycles. The molecule has 0 saturated carbocycles. The van der Waals surface area contributed by atoms with Crippen molar-refractivity contribution in [1.82, 2.24) is 9.88 Å². The van der Waals surface area contributed by atoms with Gasteiger partial charge in [-0.15, -0.1) is 11.3 Å². The van der Waals surface area contributed by atoms with Crippen molar-refractivity contribution in [2.45, 2.75) is 18.8 Å². The van der Waals surface area contributed by atoms with Gasteiger partial charge in [-0.2, -0.15) is 0 Å². The second-order valence-electron chi connectivity index (χ2n) is 4.67. The number of fused-ring (bicyclic) bond motifs is 3. The number of nitrogens with zero attached hydrogens (tertiary/aromatic N) is 2. The standard InChI is InChI=1S/C11H15N3OS/c12-10(15)9-5-13-11(16-9)8-6-14-3-1-7(8)2-4-14/h5,7-8H,1-4,6H2,(H2,12,15). The van der Waals surface area contributed by atoms with E-state index in [9.17, 15) is 4.79 Å². The first-order valence-electron chi connectivity index (χ1n) is 5.72. The van der Waals surface area contributed by atoms with Crippen molar-refractivity contribution in [3.63, 3.8) is 0 Å². The molecule has 5 heteroatoms. The summed E-state index contributed by atoms with van der Waals surface area (Å²) in [6.45, 7) is 3.57. The Balaban J connectivity index is 1.83. The summed E-state index contributed by atoms with van der Waals surface area (Å²) in [5.74, 6) is 0.933. The molecule has 1 aromatic heterocycles. The number of piperidine rings is 3. The molecule has 1 amide bonds. The second kappa shape index (κ2) is 3.82. The predicted octanol–water partition coefficient (Wildman–Crippen LogP) is 1.05. The highest BCUT2D eigenvalue weighted by Gasteiger charge is 2.36. The van der Waals surface area contributed by atoms with Crippen LogP contribution in [0.3, 0.4) is 0 Å². The molecule has 2 bridgehead atoms. The molecule has 86 valence electrons. The second-order valence-corrected chi connectivity index (χ2v) is 5.73. The van der Waals surface area contributed by atoms with Gasteiger partial charge >= 0.3 is 0 Å². The smallest absolute Gasteiger partial charge is 0.260 e. The van der Waals surface area contributed by atoms with Crippen LogP contribution in [-0.4, -0.2) is 35.4 Å². The molecule has 0 spiro atoms. The molecule has 4 rings (SSSR count). The number of carbonyl (C=O) groups excluding carboxylic acids is 1. The number of hydrogen-bond acceptors (Lipinski definition) is 4. The minimum absolute atomic E-state index is 0.356. The average Bonchev–Trinajstić information content (AvgIpc) is 2.80. The lowest BCUT2D eigenvalue weighted by Gasteiger charge is -2.44. The molecular weight excluding hydrogens is 222 g/mol. The molecule has 3 aliphatic rings. The molecule has 3 saturated heterocycles. The lowest BCUT2D eigenvalue weighted by atomic mass is 9.79. The van der Waals surface area contributed by atoms with Gasteiger partial charge in [0.05, 0.1) is 11.2 Å². The largest absolute Gasteiger partial charge is 0.365 e. The first-order valence-corrected chi connectivity index (χ1v) is 6.53. The van der Waals surface area contributed by atoms with Crippen molar-refractivity contribution >= 4 is 17.2 Å². The van der Waals surface area contributed by atoms with E-state index in [4.69, 9.17) is 5.73 Å². The summed E-state index contributed by atoms with van der Waals surface area (Å²) < 4.78 is 0. The Morgan fingerprint density at radius 3 is 2.75 bits per heavy atom. The lowest BCUT2D eigenvalue weighted by Crippen LogP contribution is -2.46. The molecule has 2 N–H and O–H groups in total. The predicted molar refractivity (Wildman–Crippen MR) is 62.5 cm³/mol. The summed E-state index contributed by atoms with van der Waals surface area (Å²) in [4.78, 5) is 18.5. The van der Waals surface area contributed by atoms with Crippen LogP contribution in [0.25, 0.3) is 0 Å². The van der Waals surface area contributed by atoms with Crippen LogP contribution < -0.4 is 5.73 Å². The zero-order valence-electron chi connectivity index (χ0n) is 9.06. The lowest BCUT2D eigenvalue weighted by molar-refractivity contribution is 0.0870. The summed E-state index contributed by atoms with van der Waals surface area (Å²) in [6.07, 6.45) is 4.17. The number of rotatable bonds is 2. The molecule has 0 aromatic carbocycles. The van der Waals surface area contributed by atoms with E-state index >= 15 is 0 Å². The SMILES string of the molecule is NC(=O)c1cnc(C2CN3CCC2CC3)s1. The average molecular weight is 237 g/mol. The topological polar surface area (TPSA) is 59.2 Å². The number of aromatic nitrogens is 1. The molecule has 1 aromatic rings. The van der Waals surface area contributed by atoms with Crippen molar-refractivity contribution in [2.24, 2.45) is 11.7 Å². The van der Waals surface area contributed by atoms with E-state index in [0.717, 1.165) is 17.5 Å². The van der Waals surface area contributed by atoms with Gasteiger partial charge in [-0.3, -0.25) is 4.79 Å². The van der Waals surface area contributed by atoms with Gasteiger partial charge in [-0.1, -0.05) is 0 Å². The van der Waals surface area contributed by atoms with Crippen molar-refractivity contribution in [3.05, 3.63) is 16.1 Å². The third-order valence-corrected chi connectivity index (χ3v) is 4.88. The summed E-state index contributed by atoms with van der Waals surface area (Å²) in [5, 5.41) is 1.10. The van der Waals surface area contributed by atoms with Gasteiger partial charge in [0.1, 0.15) is 4.88 Å². The van der Waals surface area contributed by atoms with Crippen LogP contribution in [-0.2, 0) is 0 Å². The van der Waals surface area contributed by atoms with E-state index in [0.29, 0.717) is 10.8 Å². The maximum Gasteiger partial charge on any atom is 0.260 e. The van der Waals surface area contributed by atoms with Crippen molar-refractivity contribution in [1.29, 1.82) is 0 Å². The quantitative estimate of drug-likeness (QED) is 0.836. The highest BCUT2D eigenvalue weighted by atomic mass is 32.1. The van der Waals surface area contributed by atoms with E-state index in [1.165, 1.54) is 37.3 Å². The van der Waals surface area contributed by atoms with E-state index < -0.39 is 0 Å². The molecule has 16 heavy (non-hydrogen) atoms. The van der Waals surface area contributed by atoms with Gasteiger partial charge in [0.25, 0.3) is 5.91 Å². The number of amides is 1. The minimum Gasteiger partial charge on any atom is -0.365 e. The van der Waals surface area contributed by atoms with Gasteiger partial charge in [-0.05, 0) is 31.8 Å². The zero-order valence-corrected chi connectivity index (χ0v) is 9.87. The third kappa shape index (κ3) is 1.64. The van der Waals surface area contributed by atoms with Crippen LogP contribution in [0.1, 0.15) is 33.4 Å². The molecule has 1 atom stereocenters. The van der Waals surface area contributed by atoms with Crippen LogP contribution >= 0.6 is 11.3 Å². The zero-order chi connectivity index (χ0) is 11.1. The summed E-state index contributed by atoms with van der Waals surface area (Å²) in [6, 6.07) is 0. The fourth-order valence-corrected chi connectivity index (χ4v) is 3.77. The van der Waals surface area contributed by atoms with Crippen LogP contribution in [0.5, 0.6) is 0 Å². The number of primary amides is 1. The van der Waals surface area contributed by atoms with Crippen molar-refractivity contribution in [2.75, 3.05) is 19.6 Å². The Hall–Kier alpha value is -0.940. The number of nitrogens with two attached hydrogens (primary N) is 1. The first kappa shape index (κ1) is 10.2. The van der Waals surface area contributed by atoms with Crippen molar-refractivity contribution < 1.29 is 4.79 Å². The van der Waals surface area contributed by atoms with E-state index in [2.05, 4.69) is 9.88 Å². The van der Waals surface area contributed by atoms with E-state index in [1.54, 1.807) is 6.20 Å². The molecular formula is C11H15N3OS. The monoisotopic (exact) mass is 237 g/mol. The maximum atomic E-state index is 11.0. The molecule has 3 fully saturated rings. The van der Waals surface area contributed by atoms with E-state index in [-0.39, 0.29) is 5.91 Å². The Morgan fingerprint density at radius 2 is 2.25 bits per heavy atom. The van der Waals surface area contributed by atoms with Gasteiger partial charge in [0.2, 0.25) is 0 Å². The normalized spacial score (nSPS) is 32.9. The number of hydrogen-bond donors (Lipinski definition) is 1. The van der Waals surface area contributed by atoms with Crippen LogP contribution in [0.2, 0.25) is 0 Å². The summed E-state index contributed by atoms with van der Waals surface area (Å²) >= 11 is 1.47. The third-order valence-electron chi connectivity index (χ3n) is 3.74. The Morgan fingerprint density at radius 1 is 1.50 bits per heavy atom. The van der Waals surface area contributed by atoms with Gasteiger partial charge < -0.3 is 10.6 Å². The molecule has 1 unspecified atom stereocenters. The Labute approximate surface area is 98.5 Å². The molecule has 3 aliphatic heterocycles. The van der Waals surface area contributed by atoms with Crippen LogP contribution in [0.15, 0.2) is 6.20 Å². The highest BCUT2D eigenvalue weighted by Crippen LogP contribution is 2.40. The minimum atomic E-state index is -0.356. The fraction of sp³-hybridized carbons (Fsp3) is 0.636. The summed E-state index contributed by atoms with van der Waals surface area (Å²) in [7, 11) is 0. The molecule has 0 aliphatic carbocycles. The van der Waals surface area contributed by atoms with Gasteiger partial charge in [0.15, 0.2) is 0 Å². The maximum absolute atomic E-state index is 11.0. The van der Waals surface area contributed by atoms with E-state index in [1.807, 2.05) is 0 Å². The van der Waals surface area contributed by atoms with Crippen molar-refractivity contribution in [3.8, 4) is 0 Å². The van der Waals surface area contributed by atoms with Crippen LogP contribution in [0.4, 0.5) is 0 Å². The number of carbonyl (C=O) groups is 1. The summed E-state index contributed by atoms with van der Waals surface area (Å²) in [5.41, 5.74) is 5.25. The van der Waals surface area contributed by atoms with Crippen LogP contribution in [0, 0.1) is 5.92 Å². The molecule has 4 nitrogen and oxygen atoms in total. The van der Waals surface area contributed by atoms with Gasteiger partial charge in [0, 0.05) is 12.5 Å². The molecule has 0 radical (unpaired) electrons. The first-order chi connectivity index (χ1) is 7.74.